The quantitative estimate of drug-likeness (QED) is 0.393. The number of carboxylic acid groups (broad SMARTS) is 1. The zero-order valence-corrected chi connectivity index (χ0v) is 15.3. The van der Waals surface area contributed by atoms with Gasteiger partial charge in [0.05, 0.1) is 18.1 Å². The van der Waals surface area contributed by atoms with E-state index in [-0.39, 0.29) is 28.9 Å². The Balaban J connectivity index is 1.70. The smallest absolute Gasteiger partial charge is 0.353 e. The van der Waals surface area contributed by atoms with Crippen molar-refractivity contribution in [2.24, 2.45) is 11.7 Å². The number of β-lactam (4-membered cyclic amide) rings is 1. The van der Waals surface area contributed by atoms with Crippen LogP contribution in [0.15, 0.2) is 22.3 Å². The molecule has 2 saturated heterocycles. The molecule has 3 aliphatic heterocycles. The summed E-state index contributed by atoms with van der Waals surface area (Å²) < 4.78 is 0. The number of fused-ring (bicyclic) bond motifs is 1. The minimum Gasteiger partial charge on any atom is -0.477 e. The summed E-state index contributed by atoms with van der Waals surface area (Å²) in [6.45, 7) is 4.91. The molecule has 3 rings (SSSR count). The van der Waals surface area contributed by atoms with Crippen LogP contribution >= 0.6 is 11.8 Å². The average molecular weight is 367 g/mol. The molecule has 1 amide bonds. The Hall–Kier alpha value is -1.35. The molecule has 3 heterocycles. The van der Waals surface area contributed by atoms with E-state index in [1.54, 1.807) is 18.7 Å². The van der Waals surface area contributed by atoms with E-state index in [2.05, 4.69) is 11.4 Å². The number of aliphatic hydroxyl groups is 1. The topological polar surface area (TPSA) is 116 Å². The molecule has 0 saturated carbocycles. The average Bonchev–Trinajstić information content (AvgIpc) is 3.09. The molecule has 0 aromatic carbocycles. The Morgan fingerprint density at radius 3 is 2.88 bits per heavy atom. The van der Waals surface area contributed by atoms with Gasteiger partial charge in [-0.3, -0.25) is 4.79 Å². The van der Waals surface area contributed by atoms with E-state index in [1.165, 1.54) is 4.90 Å². The second kappa shape index (κ2) is 7.11. The van der Waals surface area contributed by atoms with Crippen molar-refractivity contribution in [2.45, 2.75) is 50.1 Å². The highest BCUT2D eigenvalue weighted by Gasteiger charge is 2.57. The molecule has 0 radical (unpaired) electrons. The number of carbonyl (C=O) groups excluding carboxylic acids is 1. The number of nitrogens with two attached hydrogens (primary N) is 1. The summed E-state index contributed by atoms with van der Waals surface area (Å²) in [5.74, 6) is -1.84. The molecular weight excluding hydrogens is 342 g/mol. The number of aliphatic hydroxyl groups excluding tert-OH is 1. The van der Waals surface area contributed by atoms with Crippen LogP contribution in [-0.4, -0.2) is 63.5 Å². The molecule has 2 fully saturated rings. The van der Waals surface area contributed by atoms with E-state index in [1.807, 2.05) is 6.92 Å². The third-order valence-electron chi connectivity index (χ3n) is 5.13. The first kappa shape index (κ1) is 18.4. The van der Waals surface area contributed by atoms with E-state index in [4.69, 9.17) is 5.73 Å². The third kappa shape index (κ3) is 3.36. The summed E-state index contributed by atoms with van der Waals surface area (Å²) in [5.41, 5.74) is 6.86. The number of carbonyl (C=O) groups is 2. The lowest BCUT2D eigenvalue weighted by Crippen LogP contribution is -2.61. The fourth-order valence-electron chi connectivity index (χ4n) is 3.90. The summed E-state index contributed by atoms with van der Waals surface area (Å²) in [6.07, 6.45) is 2.79. The van der Waals surface area contributed by atoms with Crippen LogP contribution in [0.4, 0.5) is 0 Å². The molecule has 0 spiro atoms. The molecule has 7 nitrogen and oxygen atoms in total. The van der Waals surface area contributed by atoms with Gasteiger partial charge in [0, 0.05) is 35.7 Å². The van der Waals surface area contributed by atoms with Crippen molar-refractivity contribution in [3.63, 3.8) is 0 Å². The van der Waals surface area contributed by atoms with Gasteiger partial charge in [0.25, 0.3) is 0 Å². The molecule has 5 N–H and O–H groups in total. The Bertz CT molecular complexity index is 646. The Labute approximate surface area is 151 Å². The number of amides is 1. The minimum absolute atomic E-state index is 0.106. The van der Waals surface area contributed by atoms with Gasteiger partial charge in [0.1, 0.15) is 5.70 Å². The van der Waals surface area contributed by atoms with Crippen LogP contribution in [0.5, 0.6) is 0 Å². The molecule has 138 valence electrons. The van der Waals surface area contributed by atoms with Crippen LogP contribution in [0.25, 0.3) is 0 Å². The number of carboxylic acids is 1. The lowest BCUT2D eigenvalue weighted by molar-refractivity contribution is -0.161. The number of nitrogens with one attached hydrogen (secondary N) is 1. The third-order valence-corrected chi connectivity index (χ3v) is 6.47. The van der Waals surface area contributed by atoms with Crippen LogP contribution in [-0.2, 0) is 9.59 Å². The van der Waals surface area contributed by atoms with Crippen molar-refractivity contribution in [3.05, 3.63) is 22.3 Å². The van der Waals surface area contributed by atoms with Crippen LogP contribution in [0, 0.1) is 5.92 Å². The predicted octanol–water partition coefficient (Wildman–Crippen LogP) is 0.263. The van der Waals surface area contributed by atoms with Gasteiger partial charge in [-0.15, -0.1) is 11.8 Å². The van der Waals surface area contributed by atoms with Crippen molar-refractivity contribution in [3.8, 4) is 0 Å². The first-order chi connectivity index (χ1) is 11.8. The lowest BCUT2D eigenvalue weighted by Gasteiger charge is -2.44. The van der Waals surface area contributed by atoms with Crippen molar-refractivity contribution in [1.29, 1.82) is 0 Å². The summed E-state index contributed by atoms with van der Waals surface area (Å²) in [6, 6.07) is 0.0332. The highest BCUT2D eigenvalue weighted by molar-refractivity contribution is 8.03. The zero-order valence-electron chi connectivity index (χ0n) is 14.4. The standard InChI is InChI=1S/C17H25N3O4S/c1-8(6-18)3-10-4-11(7-19-10)25-13-5-12-14(9(2)21)16(22)20(12)15(13)17(23)24/h3,9-12,14,19,21H,4-7,18H2,1-2H3,(H,23,24)/b8-3+/t9-,10-,11+,12-,14-/m1/s1. The van der Waals surface area contributed by atoms with Gasteiger partial charge < -0.3 is 26.2 Å². The fraction of sp³-hybridized carbons (Fsp3) is 0.647. The number of hydrogen-bond acceptors (Lipinski definition) is 6. The number of rotatable bonds is 6. The second-order valence-corrected chi connectivity index (χ2v) is 8.43. The second-order valence-electron chi connectivity index (χ2n) is 7.03. The molecule has 8 heteroatoms. The van der Waals surface area contributed by atoms with E-state index in [9.17, 15) is 19.8 Å². The van der Waals surface area contributed by atoms with Gasteiger partial charge >= 0.3 is 5.97 Å². The normalized spacial score (nSPS) is 33.5. The van der Waals surface area contributed by atoms with Crippen LogP contribution in [0.3, 0.4) is 0 Å². The molecule has 0 unspecified atom stereocenters. The number of aliphatic carboxylic acids is 1. The summed E-state index contributed by atoms with van der Waals surface area (Å²) in [7, 11) is 0. The molecule has 3 aliphatic rings. The summed E-state index contributed by atoms with van der Waals surface area (Å²) in [4.78, 5) is 26.0. The summed E-state index contributed by atoms with van der Waals surface area (Å²) >= 11 is 1.55. The molecule has 0 bridgehead atoms. The van der Waals surface area contributed by atoms with Gasteiger partial charge in [0.2, 0.25) is 5.91 Å². The number of hydrogen-bond donors (Lipinski definition) is 4. The Morgan fingerprint density at radius 2 is 2.28 bits per heavy atom. The SMILES string of the molecule is C/C(=C\[C@@H]1C[C@H](SC2=C(C(=O)O)N3C(=O)[C@H]([C@@H](C)O)[C@H]3C2)CN1)CN. The van der Waals surface area contributed by atoms with Gasteiger partial charge in [-0.2, -0.15) is 0 Å². The molecular formula is C17H25N3O4S. The van der Waals surface area contributed by atoms with Crippen LogP contribution < -0.4 is 11.1 Å². The number of nitrogens with zero attached hydrogens (tertiary/aromatic N) is 1. The minimum atomic E-state index is -1.07. The predicted molar refractivity (Wildman–Crippen MR) is 95.7 cm³/mol. The Kier molecular flexibility index (Phi) is 5.24. The van der Waals surface area contributed by atoms with Gasteiger partial charge in [-0.1, -0.05) is 11.6 Å². The molecule has 5 atom stereocenters. The van der Waals surface area contributed by atoms with E-state index in [0.717, 1.165) is 23.4 Å². The number of thioether (sulfide) groups is 1. The monoisotopic (exact) mass is 367 g/mol. The largest absolute Gasteiger partial charge is 0.477 e. The lowest BCUT2D eigenvalue weighted by atomic mass is 9.83. The van der Waals surface area contributed by atoms with Crippen molar-refractivity contribution < 1.29 is 19.8 Å². The van der Waals surface area contributed by atoms with E-state index in [0.29, 0.717) is 13.0 Å². The maximum absolute atomic E-state index is 12.2. The Morgan fingerprint density at radius 1 is 1.56 bits per heavy atom. The van der Waals surface area contributed by atoms with Crippen LogP contribution in [0.2, 0.25) is 0 Å². The van der Waals surface area contributed by atoms with Gasteiger partial charge in [-0.05, 0) is 20.3 Å². The van der Waals surface area contributed by atoms with Crippen molar-refractivity contribution in [2.75, 3.05) is 13.1 Å². The van der Waals surface area contributed by atoms with Crippen LogP contribution in [0.1, 0.15) is 26.7 Å². The first-order valence-corrected chi connectivity index (χ1v) is 9.46. The maximum Gasteiger partial charge on any atom is 0.353 e. The van der Waals surface area contributed by atoms with Crippen molar-refractivity contribution in [1.82, 2.24) is 10.2 Å². The summed E-state index contributed by atoms with van der Waals surface area (Å²) in [5, 5.41) is 23.0. The first-order valence-electron chi connectivity index (χ1n) is 8.58. The highest BCUT2D eigenvalue weighted by Crippen LogP contribution is 2.48. The molecule has 25 heavy (non-hydrogen) atoms. The van der Waals surface area contributed by atoms with Gasteiger partial charge in [-0.25, -0.2) is 4.79 Å². The molecule has 0 aliphatic carbocycles. The maximum atomic E-state index is 12.2. The van der Waals surface area contributed by atoms with Crippen molar-refractivity contribution >= 4 is 23.6 Å². The van der Waals surface area contributed by atoms with E-state index < -0.39 is 18.0 Å². The zero-order chi connectivity index (χ0) is 18.3. The molecule has 0 aromatic heterocycles. The molecule has 0 aromatic rings. The fourth-order valence-corrected chi connectivity index (χ4v) is 5.35. The highest BCUT2D eigenvalue weighted by atomic mass is 32.2. The van der Waals surface area contributed by atoms with E-state index >= 15 is 0 Å². The van der Waals surface area contributed by atoms with Gasteiger partial charge in [0.15, 0.2) is 0 Å².